The van der Waals surface area contributed by atoms with E-state index in [1.54, 1.807) is 4.52 Å². The van der Waals surface area contributed by atoms with Crippen LogP contribution in [0.15, 0.2) is 53.9 Å². The molecule has 4 rings (SSSR count). The van der Waals surface area contributed by atoms with Gasteiger partial charge in [0.1, 0.15) is 5.75 Å². The van der Waals surface area contributed by atoms with E-state index in [1.807, 2.05) is 60.8 Å². The Bertz CT molecular complexity index is 1100. The zero-order valence-corrected chi connectivity index (χ0v) is 15.9. The van der Waals surface area contributed by atoms with Crippen LogP contribution in [0.1, 0.15) is 5.56 Å². The van der Waals surface area contributed by atoms with Gasteiger partial charge in [-0.25, -0.2) is 4.52 Å². The van der Waals surface area contributed by atoms with Crippen LogP contribution in [0.2, 0.25) is 5.02 Å². The number of benzene rings is 2. The van der Waals surface area contributed by atoms with Crippen LogP contribution >= 0.6 is 22.9 Å². The van der Waals surface area contributed by atoms with Crippen molar-refractivity contribution in [1.29, 1.82) is 0 Å². The summed E-state index contributed by atoms with van der Waals surface area (Å²) >= 11 is 7.39. The number of rotatable bonds is 5. The highest BCUT2D eigenvalue weighted by molar-refractivity contribution is 7.15. The molecule has 8 heteroatoms. The fourth-order valence-electron chi connectivity index (χ4n) is 2.57. The van der Waals surface area contributed by atoms with Gasteiger partial charge >= 0.3 is 0 Å². The molecule has 0 fully saturated rings. The molecule has 2 heterocycles. The van der Waals surface area contributed by atoms with E-state index in [-0.39, 0.29) is 18.5 Å². The maximum atomic E-state index is 12.1. The molecule has 0 spiro atoms. The molecule has 1 N–H and O–H groups in total. The number of anilines is 1. The highest BCUT2D eigenvalue weighted by Gasteiger charge is 2.13. The first-order chi connectivity index (χ1) is 13.1. The summed E-state index contributed by atoms with van der Waals surface area (Å²) < 4.78 is 7.20. The average molecular weight is 399 g/mol. The minimum Gasteiger partial charge on any atom is -0.484 e. The lowest BCUT2D eigenvalue weighted by Gasteiger charge is -2.06. The monoisotopic (exact) mass is 398 g/mol. The van der Waals surface area contributed by atoms with Crippen LogP contribution in [-0.2, 0) is 4.79 Å². The Balaban J connectivity index is 1.46. The molecule has 6 nitrogen and oxygen atoms in total. The van der Waals surface area contributed by atoms with E-state index >= 15 is 0 Å². The number of thiazole rings is 1. The molecule has 1 amide bonds. The van der Waals surface area contributed by atoms with Gasteiger partial charge in [-0.3, -0.25) is 10.1 Å². The standard InChI is InChI=1S/C19H15ClN4O2S/c1-12-3-2-4-15(9-12)26-10-17(25)21-18-22-19-24(23-18)16(11-27-19)13-5-7-14(20)8-6-13/h2-9,11H,10H2,1H3,(H,21,23,25). The van der Waals surface area contributed by atoms with Crippen molar-refractivity contribution in [3.05, 3.63) is 64.5 Å². The molecule has 136 valence electrons. The van der Waals surface area contributed by atoms with E-state index in [4.69, 9.17) is 16.3 Å². The fraction of sp³-hybridized carbons (Fsp3) is 0.105. The molecule has 0 radical (unpaired) electrons. The van der Waals surface area contributed by atoms with Crippen molar-refractivity contribution in [2.45, 2.75) is 6.92 Å². The molecule has 0 saturated carbocycles. The molecule has 0 unspecified atom stereocenters. The molecule has 0 aliphatic heterocycles. The summed E-state index contributed by atoms with van der Waals surface area (Å²) in [6.45, 7) is 1.85. The number of ether oxygens (including phenoxy) is 1. The van der Waals surface area contributed by atoms with E-state index in [0.717, 1.165) is 16.8 Å². The van der Waals surface area contributed by atoms with Crippen LogP contribution < -0.4 is 10.1 Å². The molecule has 0 saturated heterocycles. The van der Waals surface area contributed by atoms with Crippen LogP contribution in [0.25, 0.3) is 16.2 Å². The van der Waals surface area contributed by atoms with E-state index in [0.29, 0.717) is 15.7 Å². The Morgan fingerprint density at radius 3 is 2.85 bits per heavy atom. The molecule has 0 atom stereocenters. The predicted molar refractivity (Wildman–Crippen MR) is 107 cm³/mol. The lowest BCUT2D eigenvalue weighted by Crippen LogP contribution is -2.21. The van der Waals surface area contributed by atoms with Crippen molar-refractivity contribution in [3.63, 3.8) is 0 Å². The number of halogens is 1. The third-order valence-corrected chi connectivity index (χ3v) is 4.90. The number of carbonyl (C=O) groups is 1. The summed E-state index contributed by atoms with van der Waals surface area (Å²) in [6, 6.07) is 15.0. The first-order valence-corrected chi connectivity index (χ1v) is 9.44. The molecular formula is C19H15ClN4O2S. The van der Waals surface area contributed by atoms with Gasteiger partial charge in [0.15, 0.2) is 6.61 Å². The molecule has 0 aliphatic carbocycles. The second kappa shape index (κ2) is 7.38. The van der Waals surface area contributed by atoms with E-state index in [9.17, 15) is 4.79 Å². The second-order valence-corrected chi connectivity index (χ2v) is 7.18. The lowest BCUT2D eigenvalue weighted by atomic mass is 10.2. The van der Waals surface area contributed by atoms with Gasteiger partial charge in [0.25, 0.3) is 11.9 Å². The molecule has 2 aromatic heterocycles. The van der Waals surface area contributed by atoms with Gasteiger partial charge in [-0.1, -0.05) is 35.9 Å². The van der Waals surface area contributed by atoms with Crippen LogP contribution in [0.4, 0.5) is 5.95 Å². The Morgan fingerprint density at radius 1 is 1.26 bits per heavy atom. The number of fused-ring (bicyclic) bond motifs is 1. The number of aryl methyl sites for hydroxylation is 1. The van der Waals surface area contributed by atoms with Crippen LogP contribution in [-0.4, -0.2) is 27.1 Å². The number of nitrogens with zero attached hydrogens (tertiary/aromatic N) is 3. The molecule has 0 aliphatic rings. The third kappa shape index (κ3) is 3.94. The largest absolute Gasteiger partial charge is 0.484 e. The number of nitrogens with one attached hydrogen (secondary N) is 1. The van der Waals surface area contributed by atoms with Crippen LogP contribution in [0.5, 0.6) is 5.75 Å². The Kier molecular flexibility index (Phi) is 4.79. The van der Waals surface area contributed by atoms with Crippen molar-refractivity contribution < 1.29 is 9.53 Å². The Hall–Kier alpha value is -2.90. The Labute approximate surface area is 164 Å². The number of carbonyl (C=O) groups excluding carboxylic acids is 1. The van der Waals surface area contributed by atoms with Gasteiger partial charge in [-0.2, -0.15) is 4.98 Å². The minimum atomic E-state index is -0.317. The summed E-state index contributed by atoms with van der Waals surface area (Å²) in [5, 5.41) is 9.68. The third-order valence-electron chi connectivity index (χ3n) is 3.83. The topological polar surface area (TPSA) is 68.5 Å². The van der Waals surface area contributed by atoms with Crippen molar-refractivity contribution in [3.8, 4) is 17.0 Å². The zero-order valence-electron chi connectivity index (χ0n) is 14.3. The molecule has 27 heavy (non-hydrogen) atoms. The quantitative estimate of drug-likeness (QED) is 0.539. The number of hydrogen-bond acceptors (Lipinski definition) is 5. The van der Waals surface area contributed by atoms with Crippen molar-refractivity contribution in [2.75, 3.05) is 11.9 Å². The summed E-state index contributed by atoms with van der Waals surface area (Å²) in [5.41, 5.74) is 2.92. The first kappa shape index (κ1) is 17.5. The Morgan fingerprint density at radius 2 is 2.07 bits per heavy atom. The number of hydrogen-bond donors (Lipinski definition) is 1. The minimum absolute atomic E-state index is 0.111. The molecular weight excluding hydrogens is 384 g/mol. The van der Waals surface area contributed by atoms with E-state index in [1.165, 1.54) is 11.3 Å². The number of amides is 1. The highest BCUT2D eigenvalue weighted by atomic mass is 35.5. The summed E-state index contributed by atoms with van der Waals surface area (Å²) in [7, 11) is 0. The number of aromatic nitrogens is 3. The van der Waals surface area contributed by atoms with Gasteiger partial charge in [0.05, 0.1) is 5.69 Å². The van der Waals surface area contributed by atoms with E-state index in [2.05, 4.69) is 15.4 Å². The summed E-state index contributed by atoms with van der Waals surface area (Å²) in [6.07, 6.45) is 0. The average Bonchev–Trinajstić information content (AvgIpc) is 3.21. The van der Waals surface area contributed by atoms with Crippen LogP contribution in [0.3, 0.4) is 0 Å². The van der Waals surface area contributed by atoms with Crippen molar-refractivity contribution in [2.24, 2.45) is 0 Å². The SMILES string of the molecule is Cc1cccc(OCC(=O)Nc2nc3scc(-c4ccc(Cl)cc4)n3n2)c1. The fourth-order valence-corrected chi connectivity index (χ4v) is 3.53. The van der Waals surface area contributed by atoms with Crippen molar-refractivity contribution in [1.82, 2.24) is 14.6 Å². The summed E-state index contributed by atoms with van der Waals surface area (Å²) in [4.78, 5) is 17.2. The first-order valence-electron chi connectivity index (χ1n) is 8.18. The van der Waals surface area contributed by atoms with Crippen LogP contribution in [0, 0.1) is 6.92 Å². The zero-order chi connectivity index (χ0) is 18.8. The maximum absolute atomic E-state index is 12.1. The molecule has 4 aromatic rings. The van der Waals surface area contributed by atoms with Gasteiger partial charge in [-0.05, 0) is 36.8 Å². The van der Waals surface area contributed by atoms with Gasteiger partial charge in [-0.15, -0.1) is 16.4 Å². The smallest absolute Gasteiger partial charge is 0.264 e. The van der Waals surface area contributed by atoms with Gasteiger partial charge in [0.2, 0.25) is 4.96 Å². The van der Waals surface area contributed by atoms with E-state index < -0.39 is 0 Å². The second-order valence-electron chi connectivity index (χ2n) is 5.91. The predicted octanol–water partition coefficient (Wildman–Crippen LogP) is 4.44. The molecule has 2 aromatic carbocycles. The molecule has 0 bridgehead atoms. The lowest BCUT2D eigenvalue weighted by molar-refractivity contribution is -0.118. The highest BCUT2D eigenvalue weighted by Crippen LogP contribution is 2.26. The summed E-state index contributed by atoms with van der Waals surface area (Å²) in [5.74, 6) is 0.576. The van der Waals surface area contributed by atoms with Crippen molar-refractivity contribution >= 4 is 39.8 Å². The van der Waals surface area contributed by atoms with Gasteiger partial charge < -0.3 is 4.74 Å². The normalized spacial score (nSPS) is 10.9. The maximum Gasteiger partial charge on any atom is 0.264 e. The van der Waals surface area contributed by atoms with Gasteiger partial charge in [0, 0.05) is 16.0 Å².